The van der Waals surface area contributed by atoms with Crippen molar-refractivity contribution in [1.29, 1.82) is 0 Å². The molecule has 0 fully saturated rings. The number of nitrogen functional groups attached to an aromatic ring is 1. The van der Waals surface area contributed by atoms with E-state index in [1.54, 1.807) is 13.2 Å². The van der Waals surface area contributed by atoms with E-state index in [2.05, 4.69) is 0 Å². The molecule has 0 spiro atoms. The van der Waals surface area contributed by atoms with Crippen LogP contribution in [0.2, 0.25) is 0 Å². The van der Waals surface area contributed by atoms with Gasteiger partial charge in [-0.05, 0) is 24.5 Å². The van der Waals surface area contributed by atoms with E-state index < -0.39 is 0 Å². The number of rotatable bonds is 2. The second-order valence-electron chi connectivity index (χ2n) is 3.73. The third-order valence-corrected chi connectivity index (χ3v) is 2.28. The van der Waals surface area contributed by atoms with E-state index in [0.29, 0.717) is 5.69 Å². The molecule has 1 aromatic rings. The van der Waals surface area contributed by atoms with Gasteiger partial charge in [0.1, 0.15) is 11.5 Å². The fourth-order valence-electron chi connectivity index (χ4n) is 1.65. The van der Waals surface area contributed by atoms with Crippen LogP contribution >= 0.6 is 0 Å². The highest BCUT2D eigenvalue weighted by atomic mass is 16.5. The predicted molar refractivity (Wildman–Crippen MR) is 57.9 cm³/mol. The Hall–Kier alpha value is -1.38. The molecule has 0 saturated carbocycles. The molecule has 0 bridgehead atoms. The summed E-state index contributed by atoms with van der Waals surface area (Å²) in [5, 5.41) is 9.80. The number of nitrogens with two attached hydrogens (primary N) is 1. The zero-order valence-electron chi connectivity index (χ0n) is 9.09. The Balaban J connectivity index is 3.48. The number of aryl methyl sites for hydroxylation is 1. The standard InChI is InChI=1S/C11H17NO2/c1-6(2)9-10(13)8(12)5-7(3)11(9)14-4/h5-6,13H,12H2,1-4H3. The first kappa shape index (κ1) is 10.7. The van der Waals surface area contributed by atoms with Crippen LogP contribution in [0.1, 0.15) is 30.9 Å². The molecule has 0 radical (unpaired) electrons. The van der Waals surface area contributed by atoms with Crippen molar-refractivity contribution >= 4 is 5.69 Å². The van der Waals surface area contributed by atoms with Gasteiger partial charge in [-0.25, -0.2) is 0 Å². The van der Waals surface area contributed by atoms with Gasteiger partial charge in [0.25, 0.3) is 0 Å². The first-order chi connectivity index (χ1) is 6.49. The number of phenols is 1. The van der Waals surface area contributed by atoms with Crippen LogP contribution in [0.3, 0.4) is 0 Å². The highest BCUT2D eigenvalue weighted by Crippen LogP contribution is 2.40. The minimum Gasteiger partial charge on any atom is -0.505 e. The average molecular weight is 195 g/mol. The van der Waals surface area contributed by atoms with Crippen molar-refractivity contribution in [3.05, 3.63) is 17.2 Å². The molecule has 3 nitrogen and oxygen atoms in total. The summed E-state index contributed by atoms with van der Waals surface area (Å²) < 4.78 is 5.26. The van der Waals surface area contributed by atoms with Gasteiger partial charge in [0, 0.05) is 5.56 Å². The maximum Gasteiger partial charge on any atom is 0.145 e. The molecule has 0 amide bonds. The van der Waals surface area contributed by atoms with Crippen LogP contribution in [0.15, 0.2) is 6.07 Å². The molecule has 3 heteroatoms. The van der Waals surface area contributed by atoms with Gasteiger partial charge in [0.2, 0.25) is 0 Å². The minimum atomic E-state index is 0.141. The fourth-order valence-corrected chi connectivity index (χ4v) is 1.65. The molecule has 1 aromatic carbocycles. The number of aromatic hydroxyl groups is 1. The van der Waals surface area contributed by atoms with Crippen molar-refractivity contribution < 1.29 is 9.84 Å². The Bertz CT molecular complexity index is 346. The number of phenolic OH excluding ortho intramolecular Hbond substituents is 1. The Morgan fingerprint density at radius 1 is 1.43 bits per heavy atom. The first-order valence-corrected chi connectivity index (χ1v) is 4.65. The van der Waals surface area contributed by atoms with E-state index in [1.807, 2.05) is 20.8 Å². The number of benzene rings is 1. The SMILES string of the molecule is COc1c(C)cc(N)c(O)c1C(C)C. The summed E-state index contributed by atoms with van der Waals surface area (Å²) >= 11 is 0. The van der Waals surface area contributed by atoms with Crippen LogP contribution < -0.4 is 10.5 Å². The zero-order chi connectivity index (χ0) is 10.9. The van der Waals surface area contributed by atoms with Crippen molar-refractivity contribution in [3.8, 4) is 11.5 Å². The Morgan fingerprint density at radius 3 is 2.43 bits per heavy atom. The monoisotopic (exact) mass is 195 g/mol. The lowest BCUT2D eigenvalue weighted by atomic mass is 9.97. The van der Waals surface area contributed by atoms with E-state index in [9.17, 15) is 5.11 Å². The smallest absolute Gasteiger partial charge is 0.145 e. The van der Waals surface area contributed by atoms with Crippen molar-refractivity contribution in [2.75, 3.05) is 12.8 Å². The topological polar surface area (TPSA) is 55.5 Å². The van der Waals surface area contributed by atoms with Crippen molar-refractivity contribution in [1.82, 2.24) is 0 Å². The van der Waals surface area contributed by atoms with Gasteiger partial charge in [0.05, 0.1) is 12.8 Å². The number of hydrogen-bond acceptors (Lipinski definition) is 3. The maximum atomic E-state index is 9.80. The molecule has 0 aliphatic carbocycles. The normalized spacial score (nSPS) is 10.6. The van der Waals surface area contributed by atoms with Gasteiger partial charge in [-0.2, -0.15) is 0 Å². The summed E-state index contributed by atoms with van der Waals surface area (Å²) in [4.78, 5) is 0. The first-order valence-electron chi connectivity index (χ1n) is 4.65. The van der Waals surface area contributed by atoms with Gasteiger partial charge in [-0.15, -0.1) is 0 Å². The fraction of sp³-hybridized carbons (Fsp3) is 0.455. The van der Waals surface area contributed by atoms with Crippen LogP contribution in [0.25, 0.3) is 0 Å². The van der Waals surface area contributed by atoms with Gasteiger partial charge < -0.3 is 15.6 Å². The van der Waals surface area contributed by atoms with E-state index in [0.717, 1.165) is 16.9 Å². The van der Waals surface area contributed by atoms with Crippen molar-refractivity contribution in [2.24, 2.45) is 0 Å². The van der Waals surface area contributed by atoms with E-state index in [-0.39, 0.29) is 11.7 Å². The molecule has 0 aliphatic heterocycles. The minimum absolute atomic E-state index is 0.141. The molecule has 0 heterocycles. The van der Waals surface area contributed by atoms with Gasteiger partial charge in [-0.3, -0.25) is 0 Å². The molecule has 3 N–H and O–H groups in total. The summed E-state index contributed by atoms with van der Waals surface area (Å²) in [6.07, 6.45) is 0. The second kappa shape index (κ2) is 3.78. The molecule has 0 atom stereocenters. The van der Waals surface area contributed by atoms with Crippen LogP contribution in [0.5, 0.6) is 11.5 Å². The molecular weight excluding hydrogens is 178 g/mol. The summed E-state index contributed by atoms with van der Waals surface area (Å²) in [6.45, 7) is 5.91. The Kier molecular flexibility index (Phi) is 2.89. The van der Waals surface area contributed by atoms with Gasteiger partial charge >= 0.3 is 0 Å². The highest BCUT2D eigenvalue weighted by molar-refractivity contribution is 5.64. The highest BCUT2D eigenvalue weighted by Gasteiger charge is 2.17. The van der Waals surface area contributed by atoms with Crippen LogP contribution in [-0.4, -0.2) is 12.2 Å². The summed E-state index contributed by atoms with van der Waals surface area (Å²) in [6, 6.07) is 1.72. The van der Waals surface area contributed by atoms with Crippen molar-refractivity contribution in [2.45, 2.75) is 26.7 Å². The number of methoxy groups -OCH3 is 1. The molecule has 0 aromatic heterocycles. The lowest BCUT2D eigenvalue weighted by molar-refractivity contribution is 0.394. The van der Waals surface area contributed by atoms with Crippen molar-refractivity contribution in [3.63, 3.8) is 0 Å². The predicted octanol–water partition coefficient (Wildman–Crippen LogP) is 2.41. The van der Waals surface area contributed by atoms with Crippen LogP contribution in [-0.2, 0) is 0 Å². The molecular formula is C11H17NO2. The van der Waals surface area contributed by atoms with E-state index in [1.165, 1.54) is 0 Å². The molecule has 0 aliphatic rings. The molecule has 0 unspecified atom stereocenters. The lowest BCUT2D eigenvalue weighted by Gasteiger charge is -2.17. The number of hydrogen-bond donors (Lipinski definition) is 2. The summed E-state index contributed by atoms with van der Waals surface area (Å²) in [5.74, 6) is 1.06. The molecule has 14 heavy (non-hydrogen) atoms. The maximum absolute atomic E-state index is 9.80. The third-order valence-electron chi connectivity index (χ3n) is 2.28. The molecule has 0 saturated heterocycles. The molecule has 78 valence electrons. The molecule has 1 rings (SSSR count). The van der Waals surface area contributed by atoms with E-state index in [4.69, 9.17) is 10.5 Å². The number of anilines is 1. The average Bonchev–Trinajstić information content (AvgIpc) is 2.10. The zero-order valence-corrected chi connectivity index (χ0v) is 9.09. The second-order valence-corrected chi connectivity index (χ2v) is 3.73. The lowest BCUT2D eigenvalue weighted by Crippen LogP contribution is -2.00. The van der Waals surface area contributed by atoms with Crippen LogP contribution in [0.4, 0.5) is 5.69 Å². The largest absolute Gasteiger partial charge is 0.505 e. The summed E-state index contributed by atoms with van der Waals surface area (Å²) in [5.41, 5.74) is 7.82. The quantitative estimate of drug-likeness (QED) is 0.563. The summed E-state index contributed by atoms with van der Waals surface area (Å²) in [7, 11) is 1.60. The third kappa shape index (κ3) is 1.62. The van der Waals surface area contributed by atoms with Gasteiger partial charge in [-0.1, -0.05) is 13.8 Å². The Morgan fingerprint density at radius 2 is 2.00 bits per heavy atom. The van der Waals surface area contributed by atoms with Crippen LogP contribution in [0, 0.1) is 6.92 Å². The number of ether oxygens (including phenoxy) is 1. The van der Waals surface area contributed by atoms with Gasteiger partial charge in [0.15, 0.2) is 0 Å². The Labute approximate surface area is 84.5 Å². The van der Waals surface area contributed by atoms with E-state index >= 15 is 0 Å².